The first-order valence-corrected chi connectivity index (χ1v) is 17.7. The molecule has 234 valence electrons. The molecule has 3 fully saturated rings. The van der Waals surface area contributed by atoms with Gasteiger partial charge in [-0.15, -0.1) is 0 Å². The average molecular weight is 577 g/mol. The number of ether oxygens (including phenoxy) is 1. The third-order valence-corrected chi connectivity index (χ3v) is 11.9. The lowest BCUT2D eigenvalue weighted by Gasteiger charge is -2.58. The van der Waals surface area contributed by atoms with Crippen LogP contribution in [0, 0.1) is 28.6 Å². The van der Waals surface area contributed by atoms with Gasteiger partial charge < -0.3 is 4.74 Å². The maximum atomic E-state index is 12.9. The summed E-state index contributed by atoms with van der Waals surface area (Å²) < 4.78 is 6.24. The summed E-state index contributed by atoms with van der Waals surface area (Å²) in [6.07, 6.45) is 30.8. The minimum atomic E-state index is -0.0894. The molecule has 0 aromatic carbocycles. The van der Waals surface area contributed by atoms with Crippen molar-refractivity contribution in [2.75, 3.05) is 0 Å². The second-order valence-electron chi connectivity index (χ2n) is 14.6. The summed E-state index contributed by atoms with van der Waals surface area (Å²) >= 11 is 0. The molecular formula is C39H60O3. The van der Waals surface area contributed by atoms with E-state index in [-0.39, 0.29) is 28.7 Å². The van der Waals surface area contributed by atoms with Gasteiger partial charge in [-0.25, -0.2) is 0 Å². The molecule has 0 spiro atoms. The van der Waals surface area contributed by atoms with Gasteiger partial charge in [0.1, 0.15) is 6.10 Å². The van der Waals surface area contributed by atoms with Gasteiger partial charge in [0.2, 0.25) is 0 Å². The zero-order valence-corrected chi connectivity index (χ0v) is 27.5. The van der Waals surface area contributed by atoms with Gasteiger partial charge >= 0.3 is 5.97 Å². The minimum Gasteiger partial charge on any atom is -0.462 e. The van der Waals surface area contributed by atoms with Crippen molar-refractivity contribution in [3.05, 3.63) is 47.6 Å². The molecule has 3 nitrogen and oxygen atoms in total. The molecule has 4 aliphatic rings. The summed E-state index contributed by atoms with van der Waals surface area (Å²) in [7, 11) is 0. The van der Waals surface area contributed by atoms with Crippen molar-refractivity contribution in [1.82, 2.24) is 0 Å². The van der Waals surface area contributed by atoms with Gasteiger partial charge in [0, 0.05) is 17.3 Å². The van der Waals surface area contributed by atoms with Crippen molar-refractivity contribution in [3.63, 3.8) is 0 Å². The van der Waals surface area contributed by atoms with Crippen LogP contribution in [0.2, 0.25) is 0 Å². The average Bonchev–Trinajstić information content (AvgIpc) is 3.28. The smallest absolute Gasteiger partial charge is 0.306 e. The zero-order valence-electron chi connectivity index (χ0n) is 27.5. The van der Waals surface area contributed by atoms with Gasteiger partial charge in [0.15, 0.2) is 5.78 Å². The number of rotatable bonds is 16. The molecule has 4 rings (SSSR count). The molecule has 42 heavy (non-hydrogen) atoms. The lowest BCUT2D eigenvalue weighted by molar-refractivity contribution is -0.159. The molecule has 0 saturated heterocycles. The summed E-state index contributed by atoms with van der Waals surface area (Å²) in [5.41, 5.74) is 3.49. The molecule has 0 heterocycles. The lowest BCUT2D eigenvalue weighted by atomic mass is 9.46. The first-order chi connectivity index (χ1) is 20.2. The Morgan fingerprint density at radius 3 is 2.24 bits per heavy atom. The molecule has 3 saturated carbocycles. The Balaban J connectivity index is 1.14. The van der Waals surface area contributed by atoms with Crippen LogP contribution in [0.4, 0.5) is 0 Å². The van der Waals surface area contributed by atoms with Crippen LogP contribution < -0.4 is 0 Å². The van der Waals surface area contributed by atoms with E-state index in [2.05, 4.69) is 46.4 Å². The second kappa shape index (κ2) is 15.2. The van der Waals surface area contributed by atoms with Gasteiger partial charge in [-0.2, -0.15) is 0 Å². The van der Waals surface area contributed by atoms with Crippen LogP contribution in [0.3, 0.4) is 0 Å². The van der Waals surface area contributed by atoms with Crippen LogP contribution in [0.15, 0.2) is 47.6 Å². The Morgan fingerprint density at radius 1 is 0.905 bits per heavy atom. The van der Waals surface area contributed by atoms with E-state index in [1.165, 1.54) is 81.8 Å². The third kappa shape index (κ3) is 7.41. The molecule has 4 aliphatic carbocycles. The number of hydrogen-bond donors (Lipinski definition) is 0. The number of carbonyl (C=O) groups excluding carboxylic acids is 2. The number of carbonyl (C=O) groups is 2. The second-order valence-corrected chi connectivity index (χ2v) is 14.6. The highest BCUT2D eigenvalue weighted by Gasteiger charge is 2.61. The number of ketones is 1. The summed E-state index contributed by atoms with van der Waals surface area (Å²) in [5.74, 6) is 1.75. The van der Waals surface area contributed by atoms with E-state index in [1.807, 2.05) is 12.2 Å². The lowest BCUT2D eigenvalue weighted by Crippen LogP contribution is -2.52. The number of unbranched alkanes of at least 4 members (excludes halogenated alkanes) is 11. The van der Waals surface area contributed by atoms with Crippen LogP contribution in [0.25, 0.3) is 0 Å². The Morgan fingerprint density at radius 2 is 1.55 bits per heavy atom. The number of hydrogen-bond acceptors (Lipinski definition) is 3. The molecule has 0 N–H and O–H groups in total. The fourth-order valence-corrected chi connectivity index (χ4v) is 9.26. The molecule has 0 aromatic rings. The molecule has 0 aromatic heterocycles. The van der Waals surface area contributed by atoms with Crippen LogP contribution in [-0.2, 0) is 14.3 Å². The first kappa shape index (κ1) is 33.0. The van der Waals surface area contributed by atoms with Crippen molar-refractivity contribution < 1.29 is 14.3 Å². The highest BCUT2D eigenvalue weighted by molar-refractivity contribution is 6.02. The van der Waals surface area contributed by atoms with Crippen LogP contribution >= 0.6 is 0 Å². The molecule has 0 aliphatic heterocycles. The molecular weight excluding hydrogens is 516 g/mol. The van der Waals surface area contributed by atoms with E-state index in [1.54, 1.807) is 0 Å². The van der Waals surface area contributed by atoms with Crippen molar-refractivity contribution in [2.45, 2.75) is 156 Å². The Bertz CT molecular complexity index is 1050. The summed E-state index contributed by atoms with van der Waals surface area (Å²) in [4.78, 5) is 25.2. The predicted octanol–water partition coefficient (Wildman–Crippen LogP) is 10.8. The summed E-state index contributed by atoms with van der Waals surface area (Å²) in [6.45, 7) is 13.6. The minimum absolute atomic E-state index is 0.0106. The Labute approximate surface area is 257 Å². The highest BCUT2D eigenvalue weighted by atomic mass is 16.5. The van der Waals surface area contributed by atoms with Crippen molar-refractivity contribution in [2.24, 2.45) is 28.6 Å². The summed E-state index contributed by atoms with van der Waals surface area (Å²) in [5, 5.41) is 0. The van der Waals surface area contributed by atoms with Gasteiger partial charge in [-0.1, -0.05) is 102 Å². The van der Waals surface area contributed by atoms with Crippen LogP contribution in [0.5, 0.6) is 0 Å². The zero-order chi connectivity index (χ0) is 30.2. The molecule has 3 heteroatoms. The SMILES string of the molecule is C=C1C[C@@H]2[C@H](CC[C@]3(C)[C@@H](OC(=O)CCCCCCC/C=C\CCCCCCCC)CC[C@@H]23)[C@@]2(C)C(C)=CC(=O)C=C12. The third-order valence-electron chi connectivity index (χ3n) is 11.9. The highest BCUT2D eigenvalue weighted by Crippen LogP contribution is 2.66. The largest absolute Gasteiger partial charge is 0.462 e. The van der Waals surface area contributed by atoms with E-state index in [9.17, 15) is 9.59 Å². The van der Waals surface area contributed by atoms with Crippen molar-refractivity contribution >= 4 is 11.8 Å². The van der Waals surface area contributed by atoms with Crippen molar-refractivity contribution in [3.8, 4) is 0 Å². The molecule has 6 atom stereocenters. The topological polar surface area (TPSA) is 43.4 Å². The number of esters is 1. The Kier molecular flexibility index (Phi) is 11.9. The van der Waals surface area contributed by atoms with Gasteiger partial charge in [0.25, 0.3) is 0 Å². The first-order valence-electron chi connectivity index (χ1n) is 17.7. The maximum absolute atomic E-state index is 12.9. The fourth-order valence-electron chi connectivity index (χ4n) is 9.26. The number of allylic oxidation sites excluding steroid dienone is 7. The van der Waals surface area contributed by atoms with Crippen LogP contribution in [-0.4, -0.2) is 17.9 Å². The summed E-state index contributed by atoms with van der Waals surface area (Å²) in [6, 6.07) is 0. The van der Waals surface area contributed by atoms with Gasteiger partial charge in [-0.05, 0) is 107 Å². The number of fused-ring (bicyclic) bond motifs is 5. The molecule has 0 bridgehead atoms. The predicted molar refractivity (Wildman–Crippen MR) is 175 cm³/mol. The van der Waals surface area contributed by atoms with Gasteiger partial charge in [-0.3, -0.25) is 9.59 Å². The molecule has 0 unspecified atom stereocenters. The van der Waals surface area contributed by atoms with Crippen molar-refractivity contribution in [1.29, 1.82) is 0 Å². The maximum Gasteiger partial charge on any atom is 0.306 e. The van der Waals surface area contributed by atoms with E-state index >= 15 is 0 Å². The quantitative estimate of drug-likeness (QED) is 0.104. The standard InChI is InChI=1S/C39H60O3/c1-6-7-8-9-10-11-12-13-14-15-16-17-18-19-20-21-37(41)42-36-23-22-33-32-26-29(2)35-28-31(40)27-30(3)39(35,5)34(32)24-25-38(33,36)4/h13-14,27-28,32-34,36H,2,6-12,15-26H2,1,3-5H3/b14-13-/t32-,33-,34-,36-,38-,39+/m0/s1. The Hall–Kier alpha value is -1.90. The van der Waals surface area contributed by atoms with E-state index in [0.717, 1.165) is 50.5 Å². The van der Waals surface area contributed by atoms with E-state index in [0.29, 0.717) is 24.2 Å². The fraction of sp³-hybridized carbons (Fsp3) is 0.744. The normalized spacial score (nSPS) is 32.3. The van der Waals surface area contributed by atoms with Gasteiger partial charge in [0.05, 0.1) is 0 Å². The monoisotopic (exact) mass is 576 g/mol. The van der Waals surface area contributed by atoms with Crippen LogP contribution in [0.1, 0.15) is 150 Å². The van der Waals surface area contributed by atoms with E-state index in [4.69, 9.17) is 4.74 Å². The molecule has 0 amide bonds. The van der Waals surface area contributed by atoms with E-state index < -0.39 is 0 Å². The molecule has 0 radical (unpaired) electrons.